The Morgan fingerprint density at radius 1 is 1.00 bits per heavy atom. The summed E-state index contributed by atoms with van der Waals surface area (Å²) in [6.07, 6.45) is 5.90. The molecule has 0 aliphatic rings. The molecule has 12 heavy (non-hydrogen) atoms. The molecule has 0 rings (SSSR count). The first-order chi connectivity index (χ1) is 5.68. The van der Waals surface area contributed by atoms with Gasteiger partial charge < -0.3 is 11.5 Å². The van der Waals surface area contributed by atoms with Gasteiger partial charge in [-0.15, -0.1) is 0 Å². The maximum Gasteiger partial charge on any atom is 0.00667 e. The zero-order chi connectivity index (χ0) is 9.40. The molecule has 0 fully saturated rings. The molecule has 72 valence electrons. The van der Waals surface area contributed by atoms with Crippen LogP contribution < -0.4 is 11.5 Å². The van der Waals surface area contributed by atoms with Crippen molar-refractivity contribution in [3.8, 4) is 0 Å². The molecule has 2 heteroatoms. The molecule has 0 aliphatic carbocycles. The fourth-order valence-electron chi connectivity index (χ4n) is 1.06. The second kappa shape index (κ2) is 7.17. The van der Waals surface area contributed by atoms with Crippen molar-refractivity contribution < 1.29 is 0 Å². The summed E-state index contributed by atoms with van der Waals surface area (Å²) >= 11 is 0. The topological polar surface area (TPSA) is 52.0 Å². The van der Waals surface area contributed by atoms with Crippen LogP contribution in [0.2, 0.25) is 0 Å². The average molecular weight is 170 g/mol. The lowest BCUT2D eigenvalue weighted by Gasteiger charge is -2.03. The van der Waals surface area contributed by atoms with Crippen molar-refractivity contribution in [2.45, 2.75) is 46.0 Å². The summed E-state index contributed by atoms with van der Waals surface area (Å²) in [7, 11) is 0. The van der Waals surface area contributed by atoms with Crippen molar-refractivity contribution in [2.75, 3.05) is 6.54 Å². The Morgan fingerprint density at radius 3 is 2.08 bits per heavy atom. The van der Waals surface area contributed by atoms with Gasteiger partial charge in [0, 0.05) is 5.70 Å². The molecule has 4 N–H and O–H groups in total. The van der Waals surface area contributed by atoms with E-state index in [1.807, 2.05) is 0 Å². The molecule has 0 aromatic heterocycles. The highest BCUT2D eigenvalue weighted by Gasteiger charge is 1.93. The third-order valence-electron chi connectivity index (χ3n) is 2.04. The molecule has 0 saturated heterocycles. The largest absolute Gasteiger partial charge is 0.402 e. The summed E-state index contributed by atoms with van der Waals surface area (Å²) in [5.74, 6) is 0. The summed E-state index contributed by atoms with van der Waals surface area (Å²) in [5, 5.41) is 0. The summed E-state index contributed by atoms with van der Waals surface area (Å²) in [4.78, 5) is 0. The van der Waals surface area contributed by atoms with Crippen molar-refractivity contribution in [3.05, 3.63) is 11.3 Å². The number of hydrogen-bond acceptors (Lipinski definition) is 2. The summed E-state index contributed by atoms with van der Waals surface area (Å²) in [6, 6.07) is 0. The van der Waals surface area contributed by atoms with Gasteiger partial charge in [0.1, 0.15) is 0 Å². The molecule has 0 bridgehead atoms. The molecule has 0 atom stereocenters. The molecule has 0 heterocycles. The van der Waals surface area contributed by atoms with E-state index in [4.69, 9.17) is 11.5 Å². The van der Waals surface area contributed by atoms with Gasteiger partial charge in [0.05, 0.1) is 0 Å². The van der Waals surface area contributed by atoms with E-state index in [0.29, 0.717) is 0 Å². The number of rotatable bonds is 6. The van der Waals surface area contributed by atoms with Gasteiger partial charge in [-0.2, -0.15) is 0 Å². The van der Waals surface area contributed by atoms with E-state index in [0.717, 1.165) is 25.1 Å². The smallest absolute Gasteiger partial charge is 0.00667 e. The van der Waals surface area contributed by atoms with Crippen molar-refractivity contribution in [2.24, 2.45) is 11.5 Å². The predicted octanol–water partition coefficient (Wildman–Crippen LogP) is 2.15. The Balaban J connectivity index is 3.26. The molecular formula is C10H22N2. The van der Waals surface area contributed by atoms with Crippen LogP contribution >= 0.6 is 0 Å². The lowest BCUT2D eigenvalue weighted by Crippen LogP contribution is -2.00. The molecule has 0 saturated carbocycles. The number of unbranched alkanes of at least 4 members (excludes halogenated alkanes) is 3. The lowest BCUT2D eigenvalue weighted by molar-refractivity contribution is 0.641. The quantitative estimate of drug-likeness (QED) is 0.600. The maximum atomic E-state index is 5.79. The van der Waals surface area contributed by atoms with Crippen LogP contribution in [-0.2, 0) is 0 Å². The molecule has 2 nitrogen and oxygen atoms in total. The van der Waals surface area contributed by atoms with Gasteiger partial charge in [0.25, 0.3) is 0 Å². The van der Waals surface area contributed by atoms with E-state index in [1.54, 1.807) is 0 Å². The van der Waals surface area contributed by atoms with E-state index >= 15 is 0 Å². The van der Waals surface area contributed by atoms with E-state index in [1.165, 1.54) is 24.8 Å². The van der Waals surface area contributed by atoms with Crippen LogP contribution in [0.1, 0.15) is 46.0 Å². The van der Waals surface area contributed by atoms with Crippen molar-refractivity contribution in [3.63, 3.8) is 0 Å². The third-order valence-corrected chi connectivity index (χ3v) is 2.04. The molecule has 0 spiro atoms. The Hall–Kier alpha value is -0.500. The molecular weight excluding hydrogens is 148 g/mol. The van der Waals surface area contributed by atoms with Gasteiger partial charge in [0.15, 0.2) is 0 Å². The fourth-order valence-corrected chi connectivity index (χ4v) is 1.06. The highest BCUT2D eigenvalue weighted by Crippen LogP contribution is 2.08. The van der Waals surface area contributed by atoms with Crippen molar-refractivity contribution in [1.82, 2.24) is 0 Å². The SMILES string of the molecule is CC(C)=C(N)CCCCCCN. The summed E-state index contributed by atoms with van der Waals surface area (Å²) in [5.41, 5.74) is 13.5. The van der Waals surface area contributed by atoms with Crippen molar-refractivity contribution in [1.29, 1.82) is 0 Å². The van der Waals surface area contributed by atoms with Gasteiger partial charge in [0.2, 0.25) is 0 Å². The first-order valence-electron chi connectivity index (χ1n) is 4.80. The highest BCUT2D eigenvalue weighted by molar-refractivity contribution is 5.04. The Labute approximate surface area is 76.0 Å². The second-order valence-electron chi connectivity index (χ2n) is 3.48. The first kappa shape index (κ1) is 11.5. The molecule has 0 radical (unpaired) electrons. The maximum absolute atomic E-state index is 5.79. The van der Waals surface area contributed by atoms with Crippen LogP contribution in [0.5, 0.6) is 0 Å². The predicted molar refractivity (Wildman–Crippen MR) is 54.7 cm³/mol. The van der Waals surface area contributed by atoms with E-state index in [-0.39, 0.29) is 0 Å². The monoisotopic (exact) mass is 170 g/mol. The zero-order valence-corrected chi connectivity index (χ0v) is 8.40. The van der Waals surface area contributed by atoms with Gasteiger partial charge in [-0.25, -0.2) is 0 Å². The zero-order valence-electron chi connectivity index (χ0n) is 8.40. The lowest BCUT2D eigenvalue weighted by atomic mass is 10.1. The fraction of sp³-hybridized carbons (Fsp3) is 0.800. The van der Waals surface area contributed by atoms with E-state index in [9.17, 15) is 0 Å². The summed E-state index contributed by atoms with van der Waals surface area (Å²) in [6.45, 7) is 4.95. The first-order valence-corrected chi connectivity index (χ1v) is 4.80. The Kier molecular flexibility index (Phi) is 6.87. The minimum atomic E-state index is 0.818. The van der Waals surface area contributed by atoms with E-state index < -0.39 is 0 Å². The normalized spacial score (nSPS) is 9.92. The third kappa shape index (κ3) is 6.23. The minimum Gasteiger partial charge on any atom is -0.402 e. The Bertz CT molecular complexity index is 135. The molecule has 0 aliphatic heterocycles. The molecule has 0 amide bonds. The second-order valence-corrected chi connectivity index (χ2v) is 3.48. The number of hydrogen-bond donors (Lipinski definition) is 2. The van der Waals surface area contributed by atoms with Crippen LogP contribution in [0.25, 0.3) is 0 Å². The van der Waals surface area contributed by atoms with E-state index in [2.05, 4.69) is 13.8 Å². The highest BCUT2D eigenvalue weighted by atomic mass is 14.6. The van der Waals surface area contributed by atoms with Gasteiger partial charge in [-0.3, -0.25) is 0 Å². The van der Waals surface area contributed by atoms with Gasteiger partial charge >= 0.3 is 0 Å². The number of allylic oxidation sites excluding steroid dienone is 2. The van der Waals surface area contributed by atoms with Crippen LogP contribution in [0, 0.1) is 0 Å². The molecule has 0 unspecified atom stereocenters. The van der Waals surface area contributed by atoms with Crippen LogP contribution in [0.3, 0.4) is 0 Å². The summed E-state index contributed by atoms with van der Waals surface area (Å²) < 4.78 is 0. The van der Waals surface area contributed by atoms with Crippen molar-refractivity contribution >= 4 is 0 Å². The molecule has 0 aromatic carbocycles. The number of nitrogens with two attached hydrogens (primary N) is 2. The van der Waals surface area contributed by atoms with Gasteiger partial charge in [-0.1, -0.05) is 18.4 Å². The minimum absolute atomic E-state index is 0.818. The van der Waals surface area contributed by atoms with Gasteiger partial charge in [-0.05, 0) is 39.7 Å². The average Bonchev–Trinajstić information content (AvgIpc) is 2.03. The van der Waals surface area contributed by atoms with Crippen LogP contribution in [0.4, 0.5) is 0 Å². The Morgan fingerprint density at radius 2 is 1.58 bits per heavy atom. The van der Waals surface area contributed by atoms with Crippen LogP contribution in [0.15, 0.2) is 11.3 Å². The van der Waals surface area contributed by atoms with Crippen LogP contribution in [-0.4, -0.2) is 6.54 Å². The standard InChI is InChI=1S/C10H22N2/c1-9(2)10(12)7-5-3-4-6-8-11/h3-8,11-12H2,1-2H3. The molecule has 0 aromatic rings.